The van der Waals surface area contributed by atoms with Crippen molar-refractivity contribution in [2.24, 2.45) is 5.92 Å². The highest BCUT2D eigenvalue weighted by Crippen LogP contribution is 2.34. The quantitative estimate of drug-likeness (QED) is 0.894. The number of sulfone groups is 1. The lowest BCUT2D eigenvalue weighted by Crippen LogP contribution is -2.31. The van der Waals surface area contributed by atoms with Crippen molar-refractivity contribution in [3.63, 3.8) is 0 Å². The van der Waals surface area contributed by atoms with E-state index in [0.717, 1.165) is 32.0 Å². The number of piperidine rings is 1. The zero-order valence-corrected chi connectivity index (χ0v) is 12.1. The predicted octanol–water partition coefficient (Wildman–Crippen LogP) is 2.39. The molecule has 2 N–H and O–H groups in total. The second-order valence-corrected chi connectivity index (χ2v) is 6.93. The molecular formula is C13H17F3N2O2S. The molecule has 21 heavy (non-hydrogen) atoms. The summed E-state index contributed by atoms with van der Waals surface area (Å²) < 4.78 is 61.1. The Balaban J connectivity index is 2.17. The van der Waals surface area contributed by atoms with Crippen LogP contribution in [-0.4, -0.2) is 33.6 Å². The summed E-state index contributed by atoms with van der Waals surface area (Å²) in [5.74, 6) is 0.327. The zero-order valence-electron chi connectivity index (χ0n) is 11.3. The summed E-state index contributed by atoms with van der Waals surface area (Å²) in [6.45, 7) is 2.20. The lowest BCUT2D eigenvalue weighted by Gasteiger charge is -2.24. The fraction of sp³-hybridized carbons (Fsp3) is 0.538. The molecule has 0 radical (unpaired) electrons. The van der Waals surface area contributed by atoms with E-state index in [0.29, 0.717) is 12.5 Å². The molecular weight excluding hydrogens is 305 g/mol. The topological polar surface area (TPSA) is 58.2 Å². The average Bonchev–Trinajstić information content (AvgIpc) is 2.45. The van der Waals surface area contributed by atoms with Crippen molar-refractivity contribution in [3.05, 3.63) is 24.3 Å². The largest absolute Gasteiger partial charge is 0.501 e. The van der Waals surface area contributed by atoms with Crippen LogP contribution in [0.1, 0.15) is 12.8 Å². The van der Waals surface area contributed by atoms with Gasteiger partial charge in [-0.2, -0.15) is 13.2 Å². The third-order valence-electron chi connectivity index (χ3n) is 3.52. The Kier molecular flexibility index (Phi) is 4.77. The van der Waals surface area contributed by atoms with Crippen molar-refractivity contribution in [1.29, 1.82) is 0 Å². The normalized spacial score (nSPS) is 17.7. The van der Waals surface area contributed by atoms with Gasteiger partial charge in [-0.1, -0.05) is 12.1 Å². The first kappa shape index (κ1) is 16.1. The van der Waals surface area contributed by atoms with Crippen molar-refractivity contribution >= 4 is 15.5 Å². The second-order valence-electron chi connectivity index (χ2n) is 5.02. The van der Waals surface area contributed by atoms with Crippen molar-refractivity contribution in [3.8, 4) is 0 Å². The summed E-state index contributed by atoms with van der Waals surface area (Å²) in [6, 6.07) is 5.14. The highest BCUT2D eigenvalue weighted by Gasteiger charge is 2.47. The third kappa shape index (κ3) is 3.68. The number of para-hydroxylation sites is 1. The number of halogens is 3. The summed E-state index contributed by atoms with van der Waals surface area (Å²) in [5.41, 5.74) is -5.28. The van der Waals surface area contributed by atoms with Crippen molar-refractivity contribution in [2.45, 2.75) is 23.2 Å². The molecule has 0 aliphatic carbocycles. The third-order valence-corrected chi connectivity index (χ3v) is 5.07. The molecule has 1 fully saturated rings. The summed E-state index contributed by atoms with van der Waals surface area (Å²) in [7, 11) is -5.33. The van der Waals surface area contributed by atoms with Crippen LogP contribution in [0.4, 0.5) is 18.9 Å². The number of hydrogen-bond acceptors (Lipinski definition) is 4. The minimum atomic E-state index is -5.33. The lowest BCUT2D eigenvalue weighted by molar-refractivity contribution is -0.0435. The van der Waals surface area contributed by atoms with Crippen LogP contribution in [0.3, 0.4) is 0 Å². The van der Waals surface area contributed by atoms with Crippen LogP contribution in [0.2, 0.25) is 0 Å². The Morgan fingerprint density at radius 3 is 2.43 bits per heavy atom. The van der Waals surface area contributed by atoms with Crippen molar-refractivity contribution < 1.29 is 21.6 Å². The van der Waals surface area contributed by atoms with Gasteiger partial charge < -0.3 is 10.6 Å². The first-order valence-electron chi connectivity index (χ1n) is 6.67. The Labute approximate surface area is 121 Å². The van der Waals surface area contributed by atoms with Gasteiger partial charge in [-0.15, -0.1) is 0 Å². The lowest BCUT2D eigenvalue weighted by atomic mass is 9.98. The summed E-state index contributed by atoms with van der Waals surface area (Å²) in [4.78, 5) is -0.716. The van der Waals surface area contributed by atoms with Gasteiger partial charge >= 0.3 is 5.51 Å². The van der Waals surface area contributed by atoms with Gasteiger partial charge in [0.25, 0.3) is 9.84 Å². The van der Waals surface area contributed by atoms with E-state index in [-0.39, 0.29) is 5.69 Å². The van der Waals surface area contributed by atoms with Crippen LogP contribution >= 0.6 is 0 Å². The van der Waals surface area contributed by atoms with Gasteiger partial charge in [-0.25, -0.2) is 8.42 Å². The number of anilines is 1. The summed E-state index contributed by atoms with van der Waals surface area (Å²) >= 11 is 0. The summed E-state index contributed by atoms with van der Waals surface area (Å²) in [6.07, 6.45) is 1.84. The van der Waals surface area contributed by atoms with Crippen LogP contribution in [0, 0.1) is 5.92 Å². The highest BCUT2D eigenvalue weighted by molar-refractivity contribution is 7.92. The van der Waals surface area contributed by atoms with E-state index in [4.69, 9.17) is 0 Å². The van der Waals surface area contributed by atoms with Gasteiger partial charge in [0, 0.05) is 6.54 Å². The number of nitrogens with one attached hydrogen (secondary N) is 2. The van der Waals surface area contributed by atoms with E-state index in [9.17, 15) is 21.6 Å². The molecule has 0 amide bonds. The molecule has 0 aromatic heterocycles. The molecule has 0 bridgehead atoms. The number of alkyl halides is 3. The molecule has 0 unspecified atom stereocenters. The van der Waals surface area contributed by atoms with Crippen LogP contribution in [0.15, 0.2) is 29.2 Å². The molecule has 8 heteroatoms. The molecule has 1 heterocycles. The van der Waals surface area contributed by atoms with E-state index < -0.39 is 20.2 Å². The maximum atomic E-state index is 12.7. The molecule has 1 saturated heterocycles. The van der Waals surface area contributed by atoms with Crippen LogP contribution in [0.25, 0.3) is 0 Å². The van der Waals surface area contributed by atoms with Crippen LogP contribution in [-0.2, 0) is 9.84 Å². The van der Waals surface area contributed by atoms with E-state index in [1.54, 1.807) is 0 Å². The molecule has 0 saturated carbocycles. The zero-order chi connectivity index (χ0) is 15.5. The first-order valence-corrected chi connectivity index (χ1v) is 8.15. The monoisotopic (exact) mass is 322 g/mol. The fourth-order valence-corrected chi connectivity index (χ4v) is 3.25. The van der Waals surface area contributed by atoms with Crippen molar-refractivity contribution in [2.75, 3.05) is 25.0 Å². The fourth-order valence-electron chi connectivity index (χ4n) is 2.31. The molecule has 118 valence electrons. The van der Waals surface area contributed by atoms with Gasteiger partial charge in [-0.05, 0) is 44.0 Å². The molecule has 1 aromatic carbocycles. The molecule has 0 spiro atoms. The van der Waals surface area contributed by atoms with Crippen LogP contribution in [0.5, 0.6) is 0 Å². The number of hydrogen-bond donors (Lipinski definition) is 2. The minimum absolute atomic E-state index is 0.00774. The maximum Gasteiger partial charge on any atom is 0.501 e. The Hall–Kier alpha value is -1.28. The smallest absolute Gasteiger partial charge is 0.384 e. The average molecular weight is 322 g/mol. The summed E-state index contributed by atoms with van der Waals surface area (Å²) in [5, 5.41) is 6.05. The Morgan fingerprint density at radius 1 is 1.19 bits per heavy atom. The van der Waals surface area contributed by atoms with Crippen molar-refractivity contribution in [1.82, 2.24) is 5.32 Å². The van der Waals surface area contributed by atoms with Gasteiger partial charge in [0.2, 0.25) is 0 Å². The maximum absolute atomic E-state index is 12.7. The van der Waals surface area contributed by atoms with E-state index in [1.807, 2.05) is 0 Å². The van der Waals surface area contributed by atoms with Gasteiger partial charge in [0.05, 0.1) is 10.6 Å². The minimum Gasteiger partial charge on any atom is -0.384 e. The SMILES string of the molecule is O=S(=O)(c1ccccc1NCC1CCNCC1)C(F)(F)F. The molecule has 0 atom stereocenters. The van der Waals surface area contributed by atoms with Crippen LogP contribution < -0.4 is 10.6 Å². The van der Waals surface area contributed by atoms with Gasteiger partial charge in [0.15, 0.2) is 0 Å². The standard InChI is InChI=1S/C13H17F3N2O2S/c14-13(15,16)21(19,20)12-4-2-1-3-11(12)18-9-10-5-7-17-8-6-10/h1-4,10,17-18H,5-9H2. The Bertz CT molecular complexity index is 581. The van der Waals surface area contributed by atoms with E-state index in [2.05, 4.69) is 10.6 Å². The van der Waals surface area contributed by atoms with Gasteiger partial charge in [0.1, 0.15) is 0 Å². The molecule has 1 aliphatic rings. The van der Waals surface area contributed by atoms with Gasteiger partial charge in [-0.3, -0.25) is 0 Å². The molecule has 2 rings (SSSR count). The second kappa shape index (κ2) is 6.23. The first-order chi connectivity index (χ1) is 9.82. The van der Waals surface area contributed by atoms with E-state index >= 15 is 0 Å². The molecule has 4 nitrogen and oxygen atoms in total. The molecule has 1 aliphatic heterocycles. The number of benzene rings is 1. The molecule has 1 aromatic rings. The Morgan fingerprint density at radius 2 is 1.81 bits per heavy atom. The van der Waals surface area contributed by atoms with E-state index in [1.165, 1.54) is 18.2 Å². The predicted molar refractivity (Wildman–Crippen MR) is 73.8 cm³/mol. The number of rotatable bonds is 4. The highest BCUT2D eigenvalue weighted by atomic mass is 32.2.